The van der Waals surface area contributed by atoms with E-state index in [9.17, 15) is 0 Å². The fraction of sp³-hybridized carbons (Fsp3) is 0.800. The second kappa shape index (κ2) is 7.61. The Morgan fingerprint density at radius 3 is 2.68 bits per heavy atom. The Kier molecular flexibility index (Phi) is 6.11. The van der Waals surface area contributed by atoms with Crippen molar-refractivity contribution in [2.24, 2.45) is 5.92 Å². The number of hydrogen-bond donors (Lipinski definition) is 0. The van der Waals surface area contributed by atoms with E-state index in [0.717, 1.165) is 18.0 Å². The fourth-order valence-electron chi connectivity index (χ4n) is 3.09. The van der Waals surface area contributed by atoms with Gasteiger partial charge in [-0.25, -0.2) is 4.98 Å². The van der Waals surface area contributed by atoms with Gasteiger partial charge in [-0.1, -0.05) is 26.7 Å². The maximum atomic E-state index is 5.86. The Labute approximate surface area is 126 Å². The molecule has 0 bridgehead atoms. The summed E-state index contributed by atoms with van der Waals surface area (Å²) < 4.78 is 0. The predicted molar refractivity (Wildman–Crippen MR) is 83.9 cm³/mol. The van der Waals surface area contributed by atoms with Crippen LogP contribution in [0.5, 0.6) is 0 Å². The molecule has 1 atom stereocenters. The highest BCUT2D eigenvalue weighted by Crippen LogP contribution is 2.32. The molecule has 1 aliphatic rings. The van der Waals surface area contributed by atoms with Crippen LogP contribution < -0.4 is 0 Å². The highest BCUT2D eigenvalue weighted by atomic mass is 35.5. The van der Waals surface area contributed by atoms with Gasteiger partial charge >= 0.3 is 0 Å². The van der Waals surface area contributed by atoms with Crippen molar-refractivity contribution in [2.75, 3.05) is 13.1 Å². The Morgan fingerprint density at radius 2 is 2.16 bits per heavy atom. The summed E-state index contributed by atoms with van der Waals surface area (Å²) in [4.78, 5) is 7.30. The third-order valence-corrected chi connectivity index (χ3v) is 5.43. The number of thiazole rings is 1. The lowest BCUT2D eigenvalue weighted by atomic mass is 9.91. The van der Waals surface area contributed by atoms with Crippen molar-refractivity contribution >= 4 is 22.9 Å². The van der Waals surface area contributed by atoms with Gasteiger partial charge in [-0.2, -0.15) is 0 Å². The molecule has 0 N–H and O–H groups in total. The molecule has 0 aromatic carbocycles. The lowest BCUT2D eigenvalue weighted by molar-refractivity contribution is 0.125. The number of halogens is 1. The van der Waals surface area contributed by atoms with Crippen molar-refractivity contribution in [1.29, 1.82) is 0 Å². The summed E-state index contributed by atoms with van der Waals surface area (Å²) >= 11 is 7.63. The van der Waals surface area contributed by atoms with Crippen molar-refractivity contribution < 1.29 is 0 Å². The molecule has 19 heavy (non-hydrogen) atoms. The normalized spacial score (nSPS) is 19.7. The van der Waals surface area contributed by atoms with Crippen molar-refractivity contribution in [3.63, 3.8) is 0 Å². The van der Waals surface area contributed by atoms with Gasteiger partial charge < -0.3 is 0 Å². The third-order valence-electron chi connectivity index (χ3n) is 4.16. The van der Waals surface area contributed by atoms with Crippen LogP contribution in [-0.4, -0.2) is 23.0 Å². The molecule has 0 radical (unpaired) electrons. The van der Waals surface area contributed by atoms with Crippen molar-refractivity contribution in [3.8, 4) is 0 Å². The lowest BCUT2D eigenvalue weighted by Gasteiger charge is -2.36. The molecule has 1 saturated heterocycles. The quantitative estimate of drug-likeness (QED) is 0.699. The molecule has 1 unspecified atom stereocenters. The highest BCUT2D eigenvalue weighted by molar-refractivity contribution is 7.09. The van der Waals surface area contributed by atoms with Gasteiger partial charge in [-0.05, 0) is 38.3 Å². The Morgan fingerprint density at radius 1 is 1.42 bits per heavy atom. The predicted octanol–water partition coefficient (Wildman–Crippen LogP) is 4.85. The summed E-state index contributed by atoms with van der Waals surface area (Å²) in [6, 6.07) is 0.504. The van der Waals surface area contributed by atoms with E-state index in [4.69, 9.17) is 11.6 Å². The fourth-order valence-corrected chi connectivity index (χ4v) is 4.35. The lowest BCUT2D eigenvalue weighted by Crippen LogP contribution is -2.36. The number of piperidine rings is 1. The van der Waals surface area contributed by atoms with E-state index in [0.29, 0.717) is 11.9 Å². The minimum Gasteiger partial charge on any atom is -0.294 e. The van der Waals surface area contributed by atoms with Crippen LogP contribution in [0.25, 0.3) is 0 Å². The van der Waals surface area contributed by atoms with Crippen LogP contribution >= 0.6 is 22.9 Å². The van der Waals surface area contributed by atoms with Crippen LogP contribution in [0.15, 0.2) is 5.38 Å². The van der Waals surface area contributed by atoms with Crippen molar-refractivity contribution in [1.82, 2.24) is 9.88 Å². The van der Waals surface area contributed by atoms with E-state index in [1.54, 1.807) is 11.3 Å². The molecule has 2 rings (SSSR count). The Bertz CT molecular complexity index is 372. The zero-order valence-corrected chi connectivity index (χ0v) is 13.6. The number of likely N-dealkylation sites (tertiary alicyclic amines) is 1. The van der Waals surface area contributed by atoms with Crippen LogP contribution in [0.3, 0.4) is 0 Å². The molecular weight excluding hydrogens is 276 g/mol. The highest BCUT2D eigenvalue weighted by Gasteiger charge is 2.26. The first kappa shape index (κ1) is 15.3. The molecule has 0 saturated carbocycles. The topological polar surface area (TPSA) is 16.1 Å². The number of nitrogens with zero attached hydrogens (tertiary/aromatic N) is 2. The first-order valence-electron chi connectivity index (χ1n) is 7.52. The van der Waals surface area contributed by atoms with Crippen LogP contribution in [0, 0.1) is 5.92 Å². The molecule has 4 heteroatoms. The van der Waals surface area contributed by atoms with Gasteiger partial charge in [0.25, 0.3) is 0 Å². The Balaban J connectivity index is 1.95. The average Bonchev–Trinajstić information content (AvgIpc) is 2.91. The van der Waals surface area contributed by atoms with E-state index in [-0.39, 0.29) is 0 Å². The minimum absolute atomic E-state index is 0.504. The van der Waals surface area contributed by atoms with Gasteiger partial charge in [0, 0.05) is 5.38 Å². The SMILES string of the molecule is CCCC1CCN(C(CC)c2nc(CCl)cs2)CC1. The molecule has 1 fully saturated rings. The van der Waals surface area contributed by atoms with Crippen LogP contribution in [0.4, 0.5) is 0 Å². The van der Waals surface area contributed by atoms with Gasteiger partial charge in [0.1, 0.15) is 5.01 Å². The first-order valence-corrected chi connectivity index (χ1v) is 8.94. The Hall–Kier alpha value is -0.120. The summed E-state index contributed by atoms with van der Waals surface area (Å²) in [5, 5.41) is 3.36. The van der Waals surface area contributed by atoms with E-state index in [2.05, 4.69) is 29.1 Å². The minimum atomic E-state index is 0.504. The van der Waals surface area contributed by atoms with E-state index < -0.39 is 0 Å². The summed E-state index contributed by atoms with van der Waals surface area (Å²) in [6.45, 7) is 7.03. The average molecular weight is 301 g/mol. The monoisotopic (exact) mass is 300 g/mol. The molecule has 108 valence electrons. The number of rotatable bonds is 6. The summed E-state index contributed by atoms with van der Waals surface area (Å²) in [7, 11) is 0. The standard InChI is InChI=1S/C15H25ClN2S/c1-3-5-12-6-8-18(9-7-12)14(4-2)15-17-13(10-16)11-19-15/h11-12,14H,3-10H2,1-2H3. The molecule has 0 aliphatic carbocycles. The van der Waals surface area contributed by atoms with Crippen LogP contribution in [-0.2, 0) is 5.88 Å². The molecule has 1 aliphatic heterocycles. The molecule has 2 nitrogen and oxygen atoms in total. The molecule has 0 spiro atoms. The maximum absolute atomic E-state index is 5.86. The molecule has 1 aromatic heterocycles. The van der Waals surface area contributed by atoms with Crippen LogP contribution in [0.2, 0.25) is 0 Å². The van der Waals surface area contributed by atoms with E-state index in [1.807, 2.05) is 0 Å². The molecule has 2 heterocycles. The van der Waals surface area contributed by atoms with E-state index in [1.165, 1.54) is 43.8 Å². The van der Waals surface area contributed by atoms with Gasteiger partial charge in [-0.3, -0.25) is 4.90 Å². The zero-order chi connectivity index (χ0) is 13.7. The summed E-state index contributed by atoms with van der Waals surface area (Å²) in [6.07, 6.45) is 6.59. The van der Waals surface area contributed by atoms with Gasteiger partial charge in [0.05, 0.1) is 17.6 Å². The second-order valence-electron chi connectivity index (χ2n) is 5.50. The van der Waals surface area contributed by atoms with Gasteiger partial charge in [-0.15, -0.1) is 22.9 Å². The van der Waals surface area contributed by atoms with Gasteiger partial charge in [0.15, 0.2) is 0 Å². The molecule has 0 amide bonds. The first-order chi connectivity index (χ1) is 9.28. The second-order valence-corrected chi connectivity index (χ2v) is 6.66. The number of alkyl halides is 1. The largest absolute Gasteiger partial charge is 0.294 e. The molecular formula is C15H25ClN2S. The van der Waals surface area contributed by atoms with Crippen LogP contribution in [0.1, 0.15) is 62.7 Å². The zero-order valence-electron chi connectivity index (χ0n) is 12.1. The third kappa shape index (κ3) is 3.93. The van der Waals surface area contributed by atoms with Crippen molar-refractivity contribution in [2.45, 2.75) is 57.9 Å². The number of hydrogen-bond acceptors (Lipinski definition) is 3. The summed E-state index contributed by atoms with van der Waals surface area (Å²) in [5.74, 6) is 1.49. The smallest absolute Gasteiger partial charge is 0.110 e. The van der Waals surface area contributed by atoms with Crippen molar-refractivity contribution in [3.05, 3.63) is 16.1 Å². The molecule has 1 aromatic rings. The summed E-state index contributed by atoms with van der Waals surface area (Å²) in [5.41, 5.74) is 1.03. The maximum Gasteiger partial charge on any atom is 0.110 e. The van der Waals surface area contributed by atoms with E-state index >= 15 is 0 Å². The van der Waals surface area contributed by atoms with Gasteiger partial charge in [0.2, 0.25) is 0 Å². The number of aromatic nitrogens is 1.